The number of benzene rings is 13. The molecular formula is C94H80BN5. The SMILES string of the molecule is CC(C)(C)c1ccc2c(c1)c1cc(C(C)(C)C)cc3c4cc5c(cc4n2c13)N(c1ccc(-c2ccccc2)cc1)c1cc(N(c2ccccc2)c2ccccc2)cc2c1B5c1cc3c4cc(C(C)(C)C)cc5c6cc(C(C)(C)C)ccc6n(c3cc1N2c1ccc(-c2ccccc2)cc1)c54. The summed E-state index contributed by atoms with van der Waals surface area (Å²) in [4.78, 5) is 7.73. The maximum atomic E-state index is 2.65. The molecule has 5 nitrogen and oxygen atoms in total. The number of nitrogens with zero attached hydrogens (tertiary/aromatic N) is 5. The van der Waals surface area contributed by atoms with E-state index in [1.807, 2.05) is 0 Å². The molecule has 17 aromatic rings. The molecule has 0 unspecified atom stereocenters. The third-order valence-electron chi connectivity index (χ3n) is 22.3. The lowest BCUT2D eigenvalue weighted by Crippen LogP contribution is -2.61. The van der Waals surface area contributed by atoms with Gasteiger partial charge in [0.15, 0.2) is 0 Å². The van der Waals surface area contributed by atoms with E-state index in [0.29, 0.717) is 0 Å². The van der Waals surface area contributed by atoms with Crippen LogP contribution in [0, 0.1) is 0 Å². The van der Waals surface area contributed by atoms with Gasteiger partial charge in [0.25, 0.3) is 6.71 Å². The Balaban J connectivity index is 0.989. The van der Waals surface area contributed by atoms with Gasteiger partial charge in [-0.2, -0.15) is 0 Å². The highest BCUT2D eigenvalue weighted by Gasteiger charge is 2.46. The van der Waals surface area contributed by atoms with Crippen molar-refractivity contribution in [2.24, 2.45) is 0 Å². The second kappa shape index (κ2) is 21.2. The Hall–Kier alpha value is -11.1. The van der Waals surface area contributed by atoms with Crippen LogP contribution in [0.2, 0.25) is 0 Å². The average molecular weight is 1290 g/mol. The summed E-state index contributed by atoms with van der Waals surface area (Å²) in [6.07, 6.45) is 0. The highest BCUT2D eigenvalue weighted by Crippen LogP contribution is 2.53. The Kier molecular flexibility index (Phi) is 12.8. The molecule has 19 rings (SSSR count). The monoisotopic (exact) mass is 1290 g/mol. The third-order valence-corrected chi connectivity index (χ3v) is 22.3. The number of hydrogen-bond donors (Lipinski definition) is 0. The molecule has 0 saturated carbocycles. The molecule has 0 bridgehead atoms. The second-order valence-corrected chi connectivity index (χ2v) is 32.7. The standard InChI is InChI=1S/C94H80BN5/c1-91(2,3)61-37-43-80-70(45-61)74-47-63(93(7,8)9)49-76-72-53-78-84(55-82(72)99(80)89(74)76)97(67-39-33-59(34-40-67)57-25-17-13-18-26-57)86-51-69(96(65-29-21-15-22-30-65)66-31-23-16-24-32-66)52-87-88(86)95(78)79-54-73-77-50-64(94(10,11)12)48-75-71-46-62(92(4,5)6)38-44-81(71)100(90(75)77)83(73)56-85(79)98(87)68-41-35-60(36-42-68)58-27-19-14-20-28-58/h13-56H,1-12H3. The number of para-hydroxylation sites is 2. The Morgan fingerprint density at radius 3 is 0.930 bits per heavy atom. The molecule has 484 valence electrons. The summed E-state index contributed by atoms with van der Waals surface area (Å²) in [5.41, 5.74) is 31.1. The number of fused-ring (bicyclic) bond motifs is 16. The predicted molar refractivity (Wildman–Crippen MR) is 430 cm³/mol. The summed E-state index contributed by atoms with van der Waals surface area (Å²) in [7, 11) is 0. The van der Waals surface area contributed by atoms with Crippen molar-refractivity contribution in [2.75, 3.05) is 14.7 Å². The zero-order chi connectivity index (χ0) is 68.2. The van der Waals surface area contributed by atoms with Crippen molar-refractivity contribution in [1.82, 2.24) is 8.80 Å². The first-order valence-corrected chi connectivity index (χ1v) is 35.8. The summed E-state index contributed by atoms with van der Waals surface area (Å²) in [6, 6.07) is 103. The number of aromatic nitrogens is 2. The summed E-state index contributed by atoms with van der Waals surface area (Å²) in [5.74, 6) is 0. The lowest BCUT2D eigenvalue weighted by Gasteiger charge is -2.45. The average Bonchev–Trinajstić information content (AvgIpc) is 1.30. The largest absolute Gasteiger partial charge is 0.311 e. The molecule has 100 heavy (non-hydrogen) atoms. The van der Waals surface area contributed by atoms with Crippen LogP contribution in [0.5, 0.6) is 0 Å². The summed E-state index contributed by atoms with van der Waals surface area (Å²) < 4.78 is 5.24. The molecule has 13 aromatic carbocycles. The van der Waals surface area contributed by atoms with Crippen LogP contribution in [0.4, 0.5) is 51.2 Å². The quantitative estimate of drug-likeness (QED) is 0.148. The summed E-state index contributed by atoms with van der Waals surface area (Å²) in [6.45, 7) is 28.1. The van der Waals surface area contributed by atoms with Crippen molar-refractivity contribution >= 4 is 150 Å². The molecule has 0 N–H and O–H groups in total. The number of hydrogen-bond acceptors (Lipinski definition) is 3. The van der Waals surface area contributed by atoms with Crippen molar-refractivity contribution < 1.29 is 0 Å². The zero-order valence-electron chi connectivity index (χ0n) is 59.2. The maximum absolute atomic E-state index is 2.65. The van der Waals surface area contributed by atoms with Crippen molar-refractivity contribution in [3.63, 3.8) is 0 Å². The van der Waals surface area contributed by atoms with Gasteiger partial charge in [0.05, 0.1) is 38.8 Å². The van der Waals surface area contributed by atoms with Gasteiger partial charge in [-0.15, -0.1) is 0 Å². The summed E-state index contributed by atoms with van der Waals surface area (Å²) in [5, 5.41) is 10.4. The molecule has 2 aliphatic heterocycles. The molecule has 2 aliphatic rings. The molecule has 0 atom stereocenters. The van der Waals surface area contributed by atoms with Crippen molar-refractivity contribution in [3.05, 3.63) is 289 Å². The Morgan fingerprint density at radius 2 is 0.580 bits per heavy atom. The van der Waals surface area contributed by atoms with E-state index in [0.717, 1.165) is 39.8 Å². The molecule has 0 radical (unpaired) electrons. The van der Waals surface area contributed by atoms with E-state index in [1.165, 1.54) is 148 Å². The van der Waals surface area contributed by atoms with Crippen LogP contribution in [0.15, 0.2) is 267 Å². The fourth-order valence-electron chi connectivity index (χ4n) is 17.0. The van der Waals surface area contributed by atoms with Crippen molar-refractivity contribution in [3.8, 4) is 22.3 Å². The van der Waals surface area contributed by atoms with E-state index in [4.69, 9.17) is 0 Å². The van der Waals surface area contributed by atoms with Gasteiger partial charge in [0.2, 0.25) is 0 Å². The van der Waals surface area contributed by atoms with Crippen LogP contribution >= 0.6 is 0 Å². The van der Waals surface area contributed by atoms with Gasteiger partial charge < -0.3 is 23.5 Å². The number of anilines is 9. The Morgan fingerprint density at radius 1 is 0.260 bits per heavy atom. The topological polar surface area (TPSA) is 18.5 Å². The lowest BCUT2D eigenvalue weighted by atomic mass is 9.33. The van der Waals surface area contributed by atoms with Gasteiger partial charge >= 0.3 is 0 Å². The molecule has 4 aromatic heterocycles. The first kappa shape index (κ1) is 60.1. The molecule has 0 spiro atoms. The molecule has 6 heteroatoms. The van der Waals surface area contributed by atoms with Crippen LogP contribution < -0.4 is 31.1 Å². The van der Waals surface area contributed by atoms with Gasteiger partial charge in [-0.1, -0.05) is 229 Å². The molecule has 0 amide bonds. The van der Waals surface area contributed by atoms with E-state index in [-0.39, 0.29) is 28.4 Å². The van der Waals surface area contributed by atoms with Crippen LogP contribution in [-0.4, -0.2) is 15.5 Å². The first-order chi connectivity index (χ1) is 48.1. The normalized spacial score (nSPS) is 13.5. The van der Waals surface area contributed by atoms with Gasteiger partial charge in [0.1, 0.15) is 0 Å². The fraction of sp³-hybridized carbons (Fsp3) is 0.170. The maximum Gasteiger partial charge on any atom is 0.252 e. The van der Waals surface area contributed by atoms with E-state index in [1.54, 1.807) is 0 Å². The van der Waals surface area contributed by atoms with E-state index in [9.17, 15) is 0 Å². The number of rotatable bonds is 7. The third kappa shape index (κ3) is 9.01. The smallest absolute Gasteiger partial charge is 0.252 e. The van der Waals surface area contributed by atoms with Crippen LogP contribution in [0.1, 0.15) is 105 Å². The van der Waals surface area contributed by atoms with Gasteiger partial charge in [-0.3, -0.25) is 0 Å². The van der Waals surface area contributed by atoms with Crippen molar-refractivity contribution in [2.45, 2.75) is 105 Å². The van der Waals surface area contributed by atoms with Crippen molar-refractivity contribution in [1.29, 1.82) is 0 Å². The van der Waals surface area contributed by atoms with Crippen LogP contribution in [-0.2, 0) is 21.7 Å². The highest BCUT2D eigenvalue weighted by atomic mass is 15.2. The lowest BCUT2D eigenvalue weighted by molar-refractivity contribution is 0.590. The highest BCUT2D eigenvalue weighted by molar-refractivity contribution is 7.00. The Bertz CT molecular complexity index is 5780. The fourth-order valence-corrected chi connectivity index (χ4v) is 17.0. The van der Waals surface area contributed by atoms with E-state index >= 15 is 0 Å². The first-order valence-electron chi connectivity index (χ1n) is 35.8. The zero-order valence-corrected chi connectivity index (χ0v) is 59.2. The van der Waals surface area contributed by atoms with Gasteiger partial charge in [-0.25, -0.2) is 0 Å². The van der Waals surface area contributed by atoms with Gasteiger partial charge in [0, 0.05) is 88.6 Å². The van der Waals surface area contributed by atoms with E-state index < -0.39 is 0 Å². The second-order valence-electron chi connectivity index (χ2n) is 32.7. The van der Waals surface area contributed by atoms with Crippen LogP contribution in [0.25, 0.3) is 98.4 Å². The summed E-state index contributed by atoms with van der Waals surface area (Å²) >= 11 is 0. The van der Waals surface area contributed by atoms with E-state index in [2.05, 4.69) is 374 Å². The molecule has 0 aliphatic carbocycles. The minimum Gasteiger partial charge on any atom is -0.311 e. The predicted octanol–water partition coefficient (Wildman–Crippen LogP) is 24.1. The minimum atomic E-state index is -0.221. The Labute approximate surface area is 586 Å². The molecule has 6 heterocycles. The molecule has 0 fully saturated rings. The van der Waals surface area contributed by atoms with Crippen LogP contribution in [0.3, 0.4) is 0 Å². The molecule has 0 saturated heterocycles. The van der Waals surface area contributed by atoms with Gasteiger partial charge in [-0.05, 0) is 204 Å². The minimum absolute atomic E-state index is 0.0286. The molecular weight excluding hydrogens is 1210 g/mol.